The molecule has 2 heterocycles. The second-order valence-corrected chi connectivity index (χ2v) is 7.47. The number of hydrogen-bond donors (Lipinski definition) is 0. The average molecular weight is 371 g/mol. The molecular weight excluding hydrogens is 354 g/mol. The molecule has 3 nitrogen and oxygen atoms in total. The van der Waals surface area contributed by atoms with Crippen LogP contribution in [0.15, 0.2) is 84.9 Å². The first-order chi connectivity index (χ1) is 14.3. The van der Waals surface area contributed by atoms with Crippen molar-refractivity contribution in [2.24, 2.45) is 7.05 Å². The first kappa shape index (κ1) is 16.0. The summed E-state index contributed by atoms with van der Waals surface area (Å²) in [6.07, 6.45) is 0. The van der Waals surface area contributed by atoms with E-state index < -0.39 is 0 Å². The second-order valence-electron chi connectivity index (χ2n) is 7.47. The fourth-order valence-electron chi connectivity index (χ4n) is 4.61. The van der Waals surface area contributed by atoms with E-state index in [4.69, 9.17) is 0 Å². The molecule has 2 aromatic heterocycles. The molecule has 0 unspecified atom stereocenters. The first-order valence-electron chi connectivity index (χ1n) is 9.67. The second kappa shape index (κ2) is 5.73. The Labute approximate surface area is 167 Å². The van der Waals surface area contributed by atoms with E-state index >= 15 is 0 Å². The number of para-hydroxylation sites is 2. The molecule has 0 bridgehead atoms. The summed E-state index contributed by atoms with van der Waals surface area (Å²) in [5.41, 5.74) is 6.52. The zero-order valence-corrected chi connectivity index (χ0v) is 15.9. The minimum absolute atomic E-state index is 0.685. The highest BCUT2D eigenvalue weighted by atomic mass is 15.0. The molecule has 29 heavy (non-hydrogen) atoms. The summed E-state index contributed by atoms with van der Waals surface area (Å²) in [6, 6.07) is 31.8. The van der Waals surface area contributed by atoms with Crippen molar-refractivity contribution in [2.75, 3.05) is 0 Å². The largest absolute Gasteiger partial charge is 0.344 e. The molecule has 0 atom stereocenters. The summed E-state index contributed by atoms with van der Waals surface area (Å²) in [5.74, 6) is 0. The molecule has 4 aromatic carbocycles. The van der Waals surface area contributed by atoms with E-state index in [-0.39, 0.29) is 0 Å². The van der Waals surface area contributed by atoms with Crippen LogP contribution in [0.2, 0.25) is 0 Å². The molecule has 0 aliphatic carbocycles. The van der Waals surface area contributed by atoms with Gasteiger partial charge in [0.2, 0.25) is 0 Å². The molecule has 0 aliphatic rings. The van der Waals surface area contributed by atoms with Gasteiger partial charge in [0, 0.05) is 39.8 Å². The molecule has 0 aliphatic heterocycles. The minimum atomic E-state index is 0.685. The molecule has 6 aromatic rings. The van der Waals surface area contributed by atoms with Gasteiger partial charge in [0.15, 0.2) is 0 Å². The highest BCUT2D eigenvalue weighted by molar-refractivity contribution is 6.11. The van der Waals surface area contributed by atoms with Gasteiger partial charge in [-0.1, -0.05) is 42.5 Å². The summed E-state index contributed by atoms with van der Waals surface area (Å²) in [4.78, 5) is 0. The quantitative estimate of drug-likeness (QED) is 0.334. The molecule has 0 radical (unpaired) electrons. The van der Waals surface area contributed by atoms with Crippen molar-refractivity contribution in [3.63, 3.8) is 0 Å². The highest BCUT2D eigenvalue weighted by Crippen LogP contribution is 2.35. The van der Waals surface area contributed by atoms with Gasteiger partial charge in [-0.3, -0.25) is 0 Å². The lowest BCUT2D eigenvalue weighted by atomic mass is 10.1. The van der Waals surface area contributed by atoms with E-state index in [2.05, 4.69) is 95.0 Å². The maximum absolute atomic E-state index is 9.35. The molecule has 0 amide bonds. The smallest absolute Gasteiger partial charge is 0.0991 e. The Balaban J connectivity index is 1.73. The summed E-state index contributed by atoms with van der Waals surface area (Å²) < 4.78 is 4.55. The van der Waals surface area contributed by atoms with Crippen molar-refractivity contribution >= 4 is 43.6 Å². The van der Waals surface area contributed by atoms with E-state index in [1.807, 2.05) is 12.1 Å². The Kier molecular flexibility index (Phi) is 3.16. The molecule has 6 rings (SSSR count). The first-order valence-corrected chi connectivity index (χ1v) is 9.67. The third-order valence-electron chi connectivity index (χ3n) is 5.96. The predicted octanol–water partition coefficient (Wildman–Crippen LogP) is 6.30. The Morgan fingerprint density at radius 1 is 0.621 bits per heavy atom. The Hall–Kier alpha value is -4.03. The molecule has 0 saturated heterocycles. The van der Waals surface area contributed by atoms with Crippen LogP contribution in [-0.2, 0) is 7.05 Å². The van der Waals surface area contributed by atoms with Crippen LogP contribution in [0, 0.1) is 11.3 Å². The Bertz CT molecular complexity index is 1620. The fourth-order valence-corrected chi connectivity index (χ4v) is 4.61. The van der Waals surface area contributed by atoms with Gasteiger partial charge in [0.1, 0.15) is 0 Å². The van der Waals surface area contributed by atoms with Gasteiger partial charge < -0.3 is 9.13 Å². The van der Waals surface area contributed by atoms with Crippen molar-refractivity contribution < 1.29 is 0 Å². The monoisotopic (exact) mass is 371 g/mol. The van der Waals surface area contributed by atoms with E-state index in [1.54, 1.807) is 0 Å². The lowest BCUT2D eigenvalue weighted by molar-refractivity contribution is 1.01. The van der Waals surface area contributed by atoms with Gasteiger partial charge in [0.25, 0.3) is 0 Å². The normalized spacial score (nSPS) is 11.6. The highest BCUT2D eigenvalue weighted by Gasteiger charge is 2.14. The number of aryl methyl sites for hydroxylation is 1. The van der Waals surface area contributed by atoms with Gasteiger partial charge in [-0.05, 0) is 42.5 Å². The third-order valence-corrected chi connectivity index (χ3v) is 5.96. The van der Waals surface area contributed by atoms with E-state index in [1.165, 1.54) is 21.8 Å². The van der Waals surface area contributed by atoms with Gasteiger partial charge in [0.05, 0.1) is 28.2 Å². The number of fused-ring (bicyclic) bond motifs is 6. The summed E-state index contributed by atoms with van der Waals surface area (Å²) >= 11 is 0. The molecule has 3 heteroatoms. The predicted molar refractivity (Wildman–Crippen MR) is 119 cm³/mol. The van der Waals surface area contributed by atoms with Gasteiger partial charge in [-0.15, -0.1) is 0 Å². The van der Waals surface area contributed by atoms with Crippen LogP contribution in [-0.4, -0.2) is 9.13 Å². The number of hydrogen-bond acceptors (Lipinski definition) is 1. The maximum Gasteiger partial charge on any atom is 0.0991 e. The van der Waals surface area contributed by atoms with Crippen molar-refractivity contribution in [2.45, 2.75) is 0 Å². The number of benzene rings is 4. The van der Waals surface area contributed by atoms with E-state index in [0.717, 1.165) is 27.5 Å². The topological polar surface area (TPSA) is 33.6 Å². The van der Waals surface area contributed by atoms with Crippen LogP contribution in [0.1, 0.15) is 5.56 Å². The molecule has 0 N–H and O–H groups in total. The number of rotatable bonds is 1. The van der Waals surface area contributed by atoms with E-state index in [0.29, 0.717) is 5.56 Å². The maximum atomic E-state index is 9.35. The molecule has 0 saturated carbocycles. The van der Waals surface area contributed by atoms with Crippen LogP contribution in [0.3, 0.4) is 0 Å². The third kappa shape index (κ3) is 2.11. The molecule has 136 valence electrons. The van der Waals surface area contributed by atoms with Gasteiger partial charge in [-0.25, -0.2) is 0 Å². The van der Waals surface area contributed by atoms with Gasteiger partial charge in [-0.2, -0.15) is 5.26 Å². The van der Waals surface area contributed by atoms with Crippen molar-refractivity contribution in [3.05, 3.63) is 90.5 Å². The molecule has 0 spiro atoms. The SMILES string of the molecule is Cn1c2ccccc2c2ccc(-n3c4ccccc4c4cc(C#N)ccc43)cc21. The van der Waals surface area contributed by atoms with Crippen molar-refractivity contribution in [1.82, 2.24) is 9.13 Å². The average Bonchev–Trinajstić information content (AvgIpc) is 3.26. The van der Waals surface area contributed by atoms with Crippen molar-refractivity contribution in [3.8, 4) is 11.8 Å². The number of nitriles is 1. The summed E-state index contributed by atoms with van der Waals surface area (Å²) in [6.45, 7) is 0. The fraction of sp³-hybridized carbons (Fsp3) is 0.0385. The van der Waals surface area contributed by atoms with E-state index in [9.17, 15) is 5.26 Å². The minimum Gasteiger partial charge on any atom is -0.344 e. The Morgan fingerprint density at radius 3 is 2.07 bits per heavy atom. The van der Waals surface area contributed by atoms with Crippen LogP contribution < -0.4 is 0 Å². The summed E-state index contributed by atoms with van der Waals surface area (Å²) in [7, 11) is 2.12. The lowest BCUT2D eigenvalue weighted by Crippen LogP contribution is -1.95. The zero-order valence-electron chi connectivity index (χ0n) is 15.9. The van der Waals surface area contributed by atoms with Crippen molar-refractivity contribution in [1.29, 1.82) is 5.26 Å². The van der Waals surface area contributed by atoms with Crippen LogP contribution >= 0.6 is 0 Å². The molecular formula is C26H17N3. The number of nitrogens with zero attached hydrogens (tertiary/aromatic N) is 3. The standard InChI is InChI=1S/C26H17N3/c1-28-23-8-4-2-6-19(23)21-12-11-18(15-26(21)28)29-24-9-5-3-7-20(24)22-14-17(16-27)10-13-25(22)29/h2-15H,1H3. The number of aromatic nitrogens is 2. The summed E-state index contributed by atoms with van der Waals surface area (Å²) in [5, 5.41) is 14.2. The van der Waals surface area contributed by atoms with Crippen LogP contribution in [0.4, 0.5) is 0 Å². The zero-order chi connectivity index (χ0) is 19.5. The Morgan fingerprint density at radius 2 is 1.28 bits per heavy atom. The van der Waals surface area contributed by atoms with Crippen LogP contribution in [0.25, 0.3) is 49.3 Å². The van der Waals surface area contributed by atoms with Gasteiger partial charge >= 0.3 is 0 Å². The van der Waals surface area contributed by atoms with Crippen LogP contribution in [0.5, 0.6) is 0 Å². The lowest BCUT2D eigenvalue weighted by Gasteiger charge is -2.09. The molecule has 0 fully saturated rings.